The average Bonchev–Trinajstić information content (AvgIpc) is 2.67. The molecule has 140 valence electrons. The van der Waals surface area contributed by atoms with Crippen LogP contribution < -0.4 is 0 Å². The van der Waals surface area contributed by atoms with Crippen LogP contribution in [-0.4, -0.2) is 36.4 Å². The van der Waals surface area contributed by atoms with Gasteiger partial charge in [-0.3, -0.25) is 9.79 Å². The number of aliphatic hydroxyl groups excluding tert-OH is 1. The molecule has 8 heteroatoms. The van der Waals surface area contributed by atoms with Crippen LogP contribution in [0.4, 0.5) is 18.9 Å². The van der Waals surface area contributed by atoms with Gasteiger partial charge in [-0.1, -0.05) is 42.5 Å². The normalized spacial score (nSPS) is 12.6. The number of aliphatic imine (C=N–C) groups is 1. The number of carbonyl (C=O) groups is 2. The molecule has 1 N–H and O–H groups in total. The van der Waals surface area contributed by atoms with Gasteiger partial charge in [0.1, 0.15) is 5.76 Å². The molecule has 27 heavy (non-hydrogen) atoms. The molecule has 0 bridgehead atoms. The van der Waals surface area contributed by atoms with Crippen molar-refractivity contribution in [1.82, 2.24) is 0 Å². The number of esters is 1. The van der Waals surface area contributed by atoms with Crippen molar-refractivity contribution < 1.29 is 32.6 Å². The predicted molar refractivity (Wildman–Crippen MR) is 93.0 cm³/mol. The highest BCUT2D eigenvalue weighted by Crippen LogP contribution is 2.26. The second kappa shape index (κ2) is 8.31. The predicted octanol–water partition coefficient (Wildman–Crippen LogP) is 4.28. The number of hydrogen-bond acceptors (Lipinski definition) is 5. The van der Waals surface area contributed by atoms with Gasteiger partial charge in [-0.25, -0.2) is 4.79 Å². The van der Waals surface area contributed by atoms with Crippen molar-refractivity contribution in [3.05, 3.63) is 71.3 Å². The van der Waals surface area contributed by atoms with Crippen LogP contribution in [0.2, 0.25) is 0 Å². The minimum atomic E-state index is -5.22. The van der Waals surface area contributed by atoms with E-state index in [4.69, 9.17) is 0 Å². The zero-order chi connectivity index (χ0) is 20.0. The van der Waals surface area contributed by atoms with E-state index in [2.05, 4.69) is 9.73 Å². The highest BCUT2D eigenvalue weighted by molar-refractivity contribution is 6.20. The maximum Gasteiger partial charge on any atom is 0.455 e. The molecular weight excluding hydrogens is 363 g/mol. The summed E-state index contributed by atoms with van der Waals surface area (Å²) >= 11 is 0. The van der Waals surface area contributed by atoms with Gasteiger partial charge in [0, 0.05) is 11.8 Å². The molecule has 0 aromatic heterocycles. The van der Waals surface area contributed by atoms with Crippen molar-refractivity contribution in [2.75, 3.05) is 7.11 Å². The summed E-state index contributed by atoms with van der Waals surface area (Å²) in [5, 5.41) is 10.2. The summed E-state index contributed by atoms with van der Waals surface area (Å²) in [6.45, 7) is 0. The van der Waals surface area contributed by atoms with Crippen molar-refractivity contribution in [2.45, 2.75) is 6.18 Å². The van der Waals surface area contributed by atoms with Gasteiger partial charge in [-0.15, -0.1) is 0 Å². The molecular formula is C19H14F3NO4. The molecule has 0 heterocycles. The van der Waals surface area contributed by atoms with Gasteiger partial charge in [0.2, 0.25) is 0 Å². The molecule has 0 spiro atoms. The van der Waals surface area contributed by atoms with Crippen LogP contribution in [0.25, 0.3) is 5.76 Å². The van der Waals surface area contributed by atoms with Crippen LogP contribution in [0.1, 0.15) is 15.9 Å². The second-order valence-electron chi connectivity index (χ2n) is 5.22. The number of benzene rings is 2. The number of methoxy groups -OCH3 is 1. The Morgan fingerprint density at radius 3 is 2.22 bits per heavy atom. The summed E-state index contributed by atoms with van der Waals surface area (Å²) in [5.41, 5.74) is -1.06. The SMILES string of the molecule is COC(=O)c1ccccc1N=CC(C(=O)C(F)(F)F)=C(O)c1ccccc1. The molecule has 2 rings (SSSR count). The van der Waals surface area contributed by atoms with Gasteiger partial charge < -0.3 is 9.84 Å². The monoisotopic (exact) mass is 377 g/mol. The van der Waals surface area contributed by atoms with Crippen molar-refractivity contribution >= 4 is 29.4 Å². The Balaban J connectivity index is 2.56. The number of hydrogen-bond donors (Lipinski definition) is 1. The number of rotatable bonds is 5. The van der Waals surface area contributed by atoms with E-state index in [0.29, 0.717) is 6.21 Å². The first-order valence-corrected chi connectivity index (χ1v) is 7.57. The van der Waals surface area contributed by atoms with Crippen LogP contribution in [0.5, 0.6) is 0 Å². The smallest absolute Gasteiger partial charge is 0.455 e. The summed E-state index contributed by atoms with van der Waals surface area (Å²) in [5.74, 6) is -3.89. The Morgan fingerprint density at radius 1 is 1.04 bits per heavy atom. The first kappa shape index (κ1) is 19.9. The molecule has 0 saturated carbocycles. The third-order valence-electron chi connectivity index (χ3n) is 3.45. The highest BCUT2D eigenvalue weighted by atomic mass is 19.4. The van der Waals surface area contributed by atoms with E-state index in [0.717, 1.165) is 7.11 Å². The molecule has 0 aliphatic rings. The molecule has 0 unspecified atom stereocenters. The Hall–Kier alpha value is -3.42. The van der Waals surface area contributed by atoms with Gasteiger partial charge in [0.05, 0.1) is 23.9 Å². The fraction of sp³-hybridized carbons (Fsp3) is 0.105. The van der Waals surface area contributed by atoms with E-state index >= 15 is 0 Å². The van der Waals surface area contributed by atoms with Crippen LogP contribution in [0.15, 0.2) is 65.2 Å². The molecule has 0 fully saturated rings. The van der Waals surface area contributed by atoms with Gasteiger partial charge in [0.25, 0.3) is 5.78 Å². The largest absolute Gasteiger partial charge is 0.506 e. The summed E-state index contributed by atoms with van der Waals surface area (Å²) in [7, 11) is 1.14. The van der Waals surface area contributed by atoms with E-state index in [1.54, 1.807) is 6.07 Å². The standard InChI is InChI=1S/C19H14F3NO4/c1-27-18(26)13-9-5-6-10-15(13)23-11-14(17(25)19(20,21)22)16(24)12-7-3-2-4-8-12/h2-11,24H,1H3. The van der Waals surface area contributed by atoms with Crippen LogP contribution in [0, 0.1) is 0 Å². The minimum absolute atomic E-state index is 0.00532. The molecule has 5 nitrogen and oxygen atoms in total. The summed E-state index contributed by atoms with van der Waals surface area (Å²) < 4.78 is 43.4. The molecule has 0 atom stereocenters. The quantitative estimate of drug-likeness (QED) is 0.365. The lowest BCUT2D eigenvalue weighted by molar-refractivity contribution is -0.165. The minimum Gasteiger partial charge on any atom is -0.506 e. The van der Waals surface area contributed by atoms with E-state index in [-0.39, 0.29) is 16.8 Å². The van der Waals surface area contributed by atoms with Crippen molar-refractivity contribution in [1.29, 1.82) is 0 Å². The van der Waals surface area contributed by atoms with Crippen molar-refractivity contribution in [3.63, 3.8) is 0 Å². The first-order valence-electron chi connectivity index (χ1n) is 7.57. The third kappa shape index (κ3) is 4.81. The maximum atomic E-state index is 12.9. The number of para-hydroxylation sites is 1. The molecule has 0 amide bonds. The molecule has 0 radical (unpaired) electrons. The van der Waals surface area contributed by atoms with E-state index in [1.165, 1.54) is 48.5 Å². The maximum absolute atomic E-state index is 12.9. The molecule has 2 aromatic rings. The number of alkyl halides is 3. The van der Waals surface area contributed by atoms with Crippen LogP contribution in [-0.2, 0) is 9.53 Å². The van der Waals surface area contributed by atoms with Crippen molar-refractivity contribution in [2.24, 2.45) is 4.99 Å². The lowest BCUT2D eigenvalue weighted by Crippen LogP contribution is -2.26. The third-order valence-corrected chi connectivity index (χ3v) is 3.45. The number of nitrogens with zero attached hydrogens (tertiary/aromatic N) is 1. The highest BCUT2D eigenvalue weighted by Gasteiger charge is 2.41. The fourth-order valence-electron chi connectivity index (χ4n) is 2.13. The molecule has 0 aliphatic carbocycles. The number of ether oxygens (including phenoxy) is 1. The van der Waals surface area contributed by atoms with Crippen LogP contribution in [0.3, 0.4) is 0 Å². The van der Waals surface area contributed by atoms with Gasteiger partial charge >= 0.3 is 12.1 Å². The Bertz CT molecular complexity index is 903. The van der Waals surface area contributed by atoms with Crippen molar-refractivity contribution in [3.8, 4) is 0 Å². The molecule has 0 saturated heterocycles. The lowest BCUT2D eigenvalue weighted by atomic mass is 10.1. The molecule has 2 aromatic carbocycles. The lowest BCUT2D eigenvalue weighted by Gasteiger charge is -2.09. The number of aliphatic hydroxyl groups is 1. The zero-order valence-corrected chi connectivity index (χ0v) is 14.0. The first-order chi connectivity index (χ1) is 12.8. The second-order valence-corrected chi connectivity index (χ2v) is 5.22. The zero-order valence-electron chi connectivity index (χ0n) is 14.0. The average molecular weight is 377 g/mol. The molecule has 0 aliphatic heterocycles. The Labute approximate surface area is 152 Å². The summed E-state index contributed by atoms with van der Waals surface area (Å²) in [4.78, 5) is 27.3. The van der Waals surface area contributed by atoms with Gasteiger partial charge in [-0.2, -0.15) is 13.2 Å². The van der Waals surface area contributed by atoms with E-state index < -0.39 is 29.3 Å². The number of ketones is 1. The summed E-state index contributed by atoms with van der Waals surface area (Å²) in [6.07, 6.45) is -4.63. The van der Waals surface area contributed by atoms with Gasteiger partial charge in [0.15, 0.2) is 0 Å². The van der Waals surface area contributed by atoms with E-state index in [9.17, 15) is 27.9 Å². The number of allylic oxidation sites excluding steroid dienone is 1. The Kier molecular flexibility index (Phi) is 6.12. The topological polar surface area (TPSA) is 76.0 Å². The number of halogens is 3. The number of carbonyl (C=O) groups excluding carboxylic acids is 2. The van der Waals surface area contributed by atoms with E-state index in [1.807, 2.05) is 0 Å². The summed E-state index contributed by atoms with van der Waals surface area (Å²) in [6, 6.07) is 13.0. The van der Waals surface area contributed by atoms with Gasteiger partial charge in [-0.05, 0) is 12.1 Å². The Morgan fingerprint density at radius 2 is 1.63 bits per heavy atom. The number of Topliss-reactive ketones (excluding diaryl/α,β-unsaturated/α-hetero) is 1. The fourth-order valence-corrected chi connectivity index (χ4v) is 2.13. The van der Waals surface area contributed by atoms with Crippen LogP contribution >= 0.6 is 0 Å².